The third kappa shape index (κ3) is 5.26. The number of aromatic nitrogens is 3. The maximum Gasteiger partial charge on any atom is 0.321 e. The first-order valence-electron chi connectivity index (χ1n) is 9.85. The fraction of sp³-hybridized carbons (Fsp3) is 0.273. The summed E-state index contributed by atoms with van der Waals surface area (Å²) in [5, 5.41) is 14.2. The fourth-order valence-electron chi connectivity index (χ4n) is 2.97. The summed E-state index contributed by atoms with van der Waals surface area (Å²) in [5.74, 6) is 0.170. The Labute approximate surface area is 190 Å². The summed E-state index contributed by atoms with van der Waals surface area (Å²) in [4.78, 5) is 24.2. The molecule has 162 valence electrons. The van der Waals surface area contributed by atoms with Crippen molar-refractivity contribution in [2.75, 3.05) is 6.54 Å². The van der Waals surface area contributed by atoms with E-state index in [1.165, 1.54) is 11.8 Å². The van der Waals surface area contributed by atoms with Gasteiger partial charge in [0.15, 0.2) is 11.0 Å². The molecule has 2 N–H and O–H groups in total. The lowest BCUT2D eigenvalue weighted by atomic mass is 10.1. The first-order chi connectivity index (χ1) is 14.8. The van der Waals surface area contributed by atoms with Crippen molar-refractivity contribution in [3.8, 4) is 17.1 Å². The first kappa shape index (κ1) is 22.8. The Morgan fingerprint density at radius 3 is 2.61 bits per heavy atom. The minimum Gasteiger partial charge on any atom is -0.338 e. The van der Waals surface area contributed by atoms with Crippen LogP contribution in [-0.4, -0.2) is 38.5 Å². The molecule has 3 aromatic rings. The highest BCUT2D eigenvalue weighted by molar-refractivity contribution is 8.00. The zero-order valence-corrected chi connectivity index (χ0v) is 19.3. The quantitative estimate of drug-likeness (QED) is 0.531. The molecular formula is C22H24ClN5O2S. The Balaban J connectivity index is 2.03. The number of urea groups is 1. The van der Waals surface area contributed by atoms with E-state index < -0.39 is 17.2 Å². The number of rotatable bonds is 6. The molecule has 1 atom stereocenters. The molecule has 0 aliphatic rings. The smallest absolute Gasteiger partial charge is 0.321 e. The van der Waals surface area contributed by atoms with Crippen molar-refractivity contribution in [3.05, 3.63) is 58.6 Å². The van der Waals surface area contributed by atoms with Crippen LogP contribution in [0.5, 0.6) is 0 Å². The minimum absolute atomic E-state index is 0.411. The number of thioether (sulfide) groups is 1. The summed E-state index contributed by atoms with van der Waals surface area (Å²) in [6.45, 7) is 7.95. The number of hydrogen-bond acceptors (Lipinski definition) is 5. The van der Waals surface area contributed by atoms with Gasteiger partial charge < -0.3 is 5.32 Å². The minimum atomic E-state index is -0.574. The molecule has 2 aromatic carbocycles. The Hall–Kier alpha value is -2.84. The summed E-state index contributed by atoms with van der Waals surface area (Å²) in [7, 11) is 0. The van der Waals surface area contributed by atoms with Crippen molar-refractivity contribution < 1.29 is 9.59 Å². The Morgan fingerprint density at radius 1 is 1.16 bits per heavy atom. The van der Waals surface area contributed by atoms with Gasteiger partial charge in [-0.05, 0) is 57.0 Å². The molecule has 9 heteroatoms. The third-order valence-electron chi connectivity index (χ3n) is 4.58. The van der Waals surface area contributed by atoms with Crippen molar-refractivity contribution in [1.29, 1.82) is 0 Å². The second-order valence-corrected chi connectivity index (χ2v) is 8.74. The van der Waals surface area contributed by atoms with Crippen LogP contribution in [0.4, 0.5) is 4.79 Å². The second-order valence-electron chi connectivity index (χ2n) is 7.02. The normalized spacial score (nSPS) is 11.8. The van der Waals surface area contributed by atoms with Gasteiger partial charge in [-0.2, -0.15) is 0 Å². The number of nitrogens with one attached hydrogen (secondary N) is 2. The topological polar surface area (TPSA) is 88.9 Å². The molecule has 0 saturated carbocycles. The average molecular weight is 458 g/mol. The van der Waals surface area contributed by atoms with Gasteiger partial charge in [-0.15, -0.1) is 10.2 Å². The number of nitrogens with zero attached hydrogens (tertiary/aromatic N) is 3. The molecule has 1 aromatic heterocycles. The molecule has 0 unspecified atom stereocenters. The Morgan fingerprint density at radius 2 is 1.90 bits per heavy atom. The summed E-state index contributed by atoms with van der Waals surface area (Å²) >= 11 is 7.67. The van der Waals surface area contributed by atoms with Gasteiger partial charge in [-0.25, -0.2) is 4.79 Å². The van der Waals surface area contributed by atoms with Gasteiger partial charge in [0, 0.05) is 12.1 Å². The third-order valence-corrected chi connectivity index (χ3v) is 5.95. The molecule has 0 aliphatic carbocycles. The Kier molecular flexibility index (Phi) is 7.35. The molecular weight excluding hydrogens is 434 g/mol. The van der Waals surface area contributed by atoms with Crippen LogP contribution >= 0.6 is 23.4 Å². The van der Waals surface area contributed by atoms with E-state index >= 15 is 0 Å². The van der Waals surface area contributed by atoms with E-state index in [0.717, 1.165) is 22.4 Å². The molecule has 1 heterocycles. The van der Waals surface area contributed by atoms with Gasteiger partial charge in [0.2, 0.25) is 5.91 Å². The highest BCUT2D eigenvalue weighted by atomic mass is 35.5. The lowest BCUT2D eigenvalue weighted by Gasteiger charge is -2.16. The van der Waals surface area contributed by atoms with Crippen molar-refractivity contribution in [2.45, 2.75) is 38.1 Å². The summed E-state index contributed by atoms with van der Waals surface area (Å²) < 4.78 is 1.91. The zero-order valence-electron chi connectivity index (χ0n) is 17.8. The van der Waals surface area contributed by atoms with Crippen LogP contribution in [0.25, 0.3) is 17.1 Å². The largest absolute Gasteiger partial charge is 0.338 e. The Bertz CT molecular complexity index is 1120. The van der Waals surface area contributed by atoms with Crippen LogP contribution in [0.3, 0.4) is 0 Å². The number of imide groups is 1. The van der Waals surface area contributed by atoms with Crippen molar-refractivity contribution in [3.63, 3.8) is 0 Å². The second kappa shape index (κ2) is 9.98. The lowest BCUT2D eigenvalue weighted by Crippen LogP contribution is -2.42. The van der Waals surface area contributed by atoms with E-state index in [1.54, 1.807) is 19.9 Å². The molecule has 3 rings (SSSR count). The highest BCUT2D eigenvalue weighted by Crippen LogP contribution is 2.34. The number of benzene rings is 2. The van der Waals surface area contributed by atoms with Gasteiger partial charge in [0.05, 0.1) is 16.0 Å². The van der Waals surface area contributed by atoms with Gasteiger partial charge >= 0.3 is 6.03 Å². The van der Waals surface area contributed by atoms with Gasteiger partial charge in [-0.1, -0.05) is 47.6 Å². The van der Waals surface area contributed by atoms with Crippen LogP contribution in [0, 0.1) is 13.8 Å². The summed E-state index contributed by atoms with van der Waals surface area (Å²) in [6.07, 6.45) is 0. The van der Waals surface area contributed by atoms with Crippen LogP contribution < -0.4 is 10.6 Å². The average Bonchev–Trinajstić information content (AvgIpc) is 3.13. The van der Waals surface area contributed by atoms with E-state index in [-0.39, 0.29) is 0 Å². The molecule has 3 amide bonds. The van der Waals surface area contributed by atoms with Crippen molar-refractivity contribution >= 4 is 35.3 Å². The van der Waals surface area contributed by atoms with E-state index in [0.29, 0.717) is 22.5 Å². The molecule has 0 radical (unpaired) electrons. The van der Waals surface area contributed by atoms with E-state index in [4.69, 9.17) is 11.6 Å². The van der Waals surface area contributed by atoms with Crippen LogP contribution in [0.1, 0.15) is 25.0 Å². The van der Waals surface area contributed by atoms with Gasteiger partial charge in [0.1, 0.15) is 0 Å². The number of hydrogen-bond donors (Lipinski definition) is 2. The maximum absolute atomic E-state index is 12.5. The highest BCUT2D eigenvalue weighted by Gasteiger charge is 2.24. The van der Waals surface area contributed by atoms with Gasteiger partial charge in [-0.3, -0.25) is 14.7 Å². The van der Waals surface area contributed by atoms with Gasteiger partial charge in [0.25, 0.3) is 0 Å². The predicted molar refractivity (Wildman–Crippen MR) is 124 cm³/mol. The lowest BCUT2D eigenvalue weighted by molar-refractivity contribution is -0.119. The van der Waals surface area contributed by atoms with E-state index in [2.05, 4.69) is 20.8 Å². The van der Waals surface area contributed by atoms with E-state index in [1.807, 2.05) is 54.8 Å². The van der Waals surface area contributed by atoms with E-state index in [9.17, 15) is 9.59 Å². The summed E-state index contributed by atoms with van der Waals surface area (Å²) in [5.41, 5.74) is 3.75. The first-order valence-corrected chi connectivity index (χ1v) is 11.1. The molecule has 7 nitrogen and oxygen atoms in total. The van der Waals surface area contributed by atoms with Crippen molar-refractivity contribution in [2.24, 2.45) is 0 Å². The molecule has 0 saturated heterocycles. The van der Waals surface area contributed by atoms with Crippen LogP contribution in [0.15, 0.2) is 47.6 Å². The molecule has 0 fully saturated rings. The number of amides is 3. The van der Waals surface area contributed by atoms with Crippen LogP contribution in [-0.2, 0) is 4.79 Å². The number of carbonyl (C=O) groups is 2. The SMILES string of the molecule is CCNC(=O)NC(=O)[C@@H](C)Sc1nnc(-c2ccccc2Cl)n1-c1cc(C)ccc1C. The molecule has 0 spiro atoms. The molecule has 31 heavy (non-hydrogen) atoms. The van der Waals surface area contributed by atoms with Crippen molar-refractivity contribution in [1.82, 2.24) is 25.4 Å². The standard InChI is InChI=1S/C22H24ClN5O2S/c1-5-24-21(30)25-20(29)15(4)31-22-27-26-19(16-8-6-7-9-17(16)23)28(22)18-12-13(2)10-11-14(18)3/h6-12,15H,5H2,1-4H3,(H2,24,25,29,30)/t15-/m1/s1. The van der Waals surface area contributed by atoms with Crippen LogP contribution in [0.2, 0.25) is 5.02 Å². The molecule has 0 aliphatic heterocycles. The fourth-order valence-corrected chi connectivity index (χ4v) is 4.05. The predicted octanol–water partition coefficient (Wildman–Crippen LogP) is 4.53. The maximum atomic E-state index is 12.5. The number of halogens is 1. The number of carbonyl (C=O) groups excluding carboxylic acids is 2. The summed E-state index contributed by atoms with van der Waals surface area (Å²) in [6, 6.07) is 13.0. The zero-order chi connectivity index (χ0) is 22.5. The number of aryl methyl sites for hydroxylation is 2. The monoisotopic (exact) mass is 457 g/mol. The molecule has 0 bridgehead atoms.